The molecule has 76 valence electrons. The molecule has 0 bridgehead atoms. The van der Waals surface area contributed by atoms with Gasteiger partial charge < -0.3 is 11.1 Å². The number of rotatable bonds is 4. The first kappa shape index (κ1) is 10.7. The minimum atomic E-state index is -0.0131. The van der Waals surface area contributed by atoms with Crippen LogP contribution >= 0.6 is 0 Å². The first-order chi connectivity index (χ1) is 6.77. The third-order valence-electron chi connectivity index (χ3n) is 1.85. The highest BCUT2D eigenvalue weighted by molar-refractivity contribution is 5.90. The molecule has 1 amide bonds. The molecule has 0 atom stereocenters. The Morgan fingerprint density at radius 3 is 3.07 bits per heavy atom. The summed E-state index contributed by atoms with van der Waals surface area (Å²) in [7, 11) is 0. The molecule has 0 saturated carbocycles. The van der Waals surface area contributed by atoms with Crippen LogP contribution in [0.1, 0.15) is 25.3 Å². The van der Waals surface area contributed by atoms with Crippen molar-refractivity contribution in [3.63, 3.8) is 0 Å². The zero-order valence-electron chi connectivity index (χ0n) is 8.29. The van der Waals surface area contributed by atoms with Gasteiger partial charge >= 0.3 is 0 Å². The van der Waals surface area contributed by atoms with Crippen LogP contribution in [0.2, 0.25) is 0 Å². The number of nitrogens with one attached hydrogen (secondary N) is 1. The summed E-state index contributed by atoms with van der Waals surface area (Å²) in [6.07, 6.45) is 2.98. The van der Waals surface area contributed by atoms with Crippen molar-refractivity contribution in [2.75, 3.05) is 5.32 Å². The first-order valence-corrected chi connectivity index (χ1v) is 4.71. The van der Waals surface area contributed by atoms with Crippen LogP contribution in [-0.2, 0) is 11.3 Å². The van der Waals surface area contributed by atoms with Crippen LogP contribution in [0.5, 0.6) is 0 Å². The minimum absolute atomic E-state index is 0.0131. The maximum Gasteiger partial charge on any atom is 0.225 e. The third-order valence-corrected chi connectivity index (χ3v) is 1.85. The molecule has 1 heterocycles. The summed E-state index contributed by atoms with van der Waals surface area (Å²) in [5, 5.41) is 2.73. The Labute approximate surface area is 83.5 Å². The SMILES string of the molecule is CCCC(=O)Nc1ncccc1CN. The number of amides is 1. The lowest BCUT2D eigenvalue weighted by Gasteiger charge is -2.07. The van der Waals surface area contributed by atoms with Gasteiger partial charge in [0.2, 0.25) is 5.91 Å². The van der Waals surface area contributed by atoms with E-state index in [-0.39, 0.29) is 5.91 Å². The summed E-state index contributed by atoms with van der Waals surface area (Å²) >= 11 is 0. The fourth-order valence-electron chi connectivity index (χ4n) is 1.14. The second kappa shape index (κ2) is 5.34. The second-order valence-electron chi connectivity index (χ2n) is 3.01. The minimum Gasteiger partial charge on any atom is -0.326 e. The van der Waals surface area contributed by atoms with Crippen molar-refractivity contribution in [3.05, 3.63) is 23.9 Å². The van der Waals surface area contributed by atoms with Gasteiger partial charge in [0.25, 0.3) is 0 Å². The summed E-state index contributed by atoms with van der Waals surface area (Å²) in [6.45, 7) is 2.34. The number of anilines is 1. The molecule has 3 N–H and O–H groups in total. The molecule has 1 aromatic heterocycles. The lowest BCUT2D eigenvalue weighted by atomic mass is 10.2. The van der Waals surface area contributed by atoms with Gasteiger partial charge in [0.1, 0.15) is 5.82 Å². The van der Waals surface area contributed by atoms with E-state index in [0.29, 0.717) is 18.8 Å². The molecule has 0 aliphatic rings. The van der Waals surface area contributed by atoms with E-state index in [0.717, 1.165) is 12.0 Å². The number of hydrogen-bond donors (Lipinski definition) is 2. The maximum absolute atomic E-state index is 11.3. The van der Waals surface area contributed by atoms with E-state index >= 15 is 0 Å². The molecule has 1 rings (SSSR count). The van der Waals surface area contributed by atoms with Gasteiger partial charge in [-0.15, -0.1) is 0 Å². The smallest absolute Gasteiger partial charge is 0.225 e. The number of carbonyl (C=O) groups is 1. The van der Waals surface area contributed by atoms with Gasteiger partial charge in [-0.2, -0.15) is 0 Å². The van der Waals surface area contributed by atoms with Crippen molar-refractivity contribution in [2.24, 2.45) is 5.73 Å². The lowest BCUT2D eigenvalue weighted by molar-refractivity contribution is -0.116. The predicted molar refractivity (Wildman–Crippen MR) is 55.7 cm³/mol. The van der Waals surface area contributed by atoms with Crippen LogP contribution in [0.15, 0.2) is 18.3 Å². The molecule has 0 fully saturated rings. The normalized spacial score (nSPS) is 9.86. The van der Waals surface area contributed by atoms with Crippen LogP contribution in [0.3, 0.4) is 0 Å². The topological polar surface area (TPSA) is 68.0 Å². The van der Waals surface area contributed by atoms with E-state index in [1.54, 1.807) is 12.3 Å². The Kier molecular flexibility index (Phi) is 4.07. The molecular weight excluding hydrogens is 178 g/mol. The quantitative estimate of drug-likeness (QED) is 0.756. The fraction of sp³-hybridized carbons (Fsp3) is 0.400. The van der Waals surface area contributed by atoms with Crippen LogP contribution < -0.4 is 11.1 Å². The molecule has 0 aliphatic heterocycles. The molecule has 0 aromatic carbocycles. The predicted octanol–water partition coefficient (Wildman–Crippen LogP) is 1.28. The van der Waals surface area contributed by atoms with Crippen molar-refractivity contribution < 1.29 is 4.79 Å². The average Bonchev–Trinajstić information content (AvgIpc) is 2.19. The summed E-state index contributed by atoms with van der Waals surface area (Å²) < 4.78 is 0. The lowest BCUT2D eigenvalue weighted by Crippen LogP contribution is -2.14. The monoisotopic (exact) mass is 193 g/mol. The molecule has 0 unspecified atom stereocenters. The summed E-state index contributed by atoms with van der Waals surface area (Å²) in [4.78, 5) is 15.3. The highest BCUT2D eigenvalue weighted by atomic mass is 16.1. The Bertz CT molecular complexity index is 312. The maximum atomic E-state index is 11.3. The first-order valence-electron chi connectivity index (χ1n) is 4.71. The average molecular weight is 193 g/mol. The van der Waals surface area contributed by atoms with Gasteiger partial charge in [-0.1, -0.05) is 13.0 Å². The van der Waals surface area contributed by atoms with Gasteiger partial charge in [-0.3, -0.25) is 4.79 Å². The number of carbonyl (C=O) groups excluding carboxylic acids is 1. The summed E-state index contributed by atoms with van der Waals surface area (Å²) in [6, 6.07) is 3.66. The fourth-order valence-corrected chi connectivity index (χ4v) is 1.14. The molecule has 4 nitrogen and oxygen atoms in total. The van der Waals surface area contributed by atoms with E-state index in [2.05, 4.69) is 10.3 Å². The number of nitrogens with zero attached hydrogens (tertiary/aromatic N) is 1. The molecule has 0 spiro atoms. The Morgan fingerprint density at radius 2 is 2.43 bits per heavy atom. The highest BCUT2D eigenvalue weighted by Crippen LogP contribution is 2.10. The molecule has 4 heteroatoms. The second-order valence-corrected chi connectivity index (χ2v) is 3.01. The molecule has 0 aliphatic carbocycles. The van der Waals surface area contributed by atoms with E-state index in [1.165, 1.54) is 0 Å². The molecule has 0 saturated heterocycles. The van der Waals surface area contributed by atoms with Gasteiger partial charge in [-0.05, 0) is 12.5 Å². The largest absolute Gasteiger partial charge is 0.326 e. The van der Waals surface area contributed by atoms with E-state index in [1.807, 2.05) is 13.0 Å². The summed E-state index contributed by atoms with van der Waals surface area (Å²) in [5.74, 6) is 0.564. The van der Waals surface area contributed by atoms with Gasteiger partial charge in [-0.25, -0.2) is 4.98 Å². The van der Waals surface area contributed by atoms with Gasteiger partial charge in [0.05, 0.1) is 0 Å². The van der Waals surface area contributed by atoms with E-state index in [9.17, 15) is 4.79 Å². The number of nitrogens with two attached hydrogens (primary N) is 1. The number of hydrogen-bond acceptors (Lipinski definition) is 3. The standard InChI is InChI=1S/C10H15N3O/c1-2-4-9(14)13-10-8(7-11)5-3-6-12-10/h3,5-6H,2,4,7,11H2,1H3,(H,12,13,14). The van der Waals surface area contributed by atoms with Crippen molar-refractivity contribution in [1.29, 1.82) is 0 Å². The Hall–Kier alpha value is -1.42. The number of pyridine rings is 1. The Morgan fingerprint density at radius 1 is 1.64 bits per heavy atom. The molecule has 0 radical (unpaired) electrons. The van der Waals surface area contributed by atoms with E-state index in [4.69, 9.17) is 5.73 Å². The summed E-state index contributed by atoms with van der Waals surface area (Å²) in [5.41, 5.74) is 6.37. The third kappa shape index (κ3) is 2.81. The zero-order valence-corrected chi connectivity index (χ0v) is 8.29. The zero-order chi connectivity index (χ0) is 10.4. The molecular formula is C10H15N3O. The van der Waals surface area contributed by atoms with Crippen LogP contribution in [0.25, 0.3) is 0 Å². The van der Waals surface area contributed by atoms with Crippen LogP contribution in [0, 0.1) is 0 Å². The van der Waals surface area contributed by atoms with Gasteiger partial charge in [0, 0.05) is 24.7 Å². The number of aromatic nitrogens is 1. The highest BCUT2D eigenvalue weighted by Gasteiger charge is 2.05. The van der Waals surface area contributed by atoms with Crippen molar-refractivity contribution in [1.82, 2.24) is 4.98 Å². The molecule has 14 heavy (non-hydrogen) atoms. The molecule has 1 aromatic rings. The van der Waals surface area contributed by atoms with E-state index < -0.39 is 0 Å². The van der Waals surface area contributed by atoms with Crippen molar-refractivity contribution in [2.45, 2.75) is 26.3 Å². The Balaban J connectivity index is 2.70. The van der Waals surface area contributed by atoms with Crippen LogP contribution in [0.4, 0.5) is 5.82 Å². The van der Waals surface area contributed by atoms with Crippen LogP contribution in [-0.4, -0.2) is 10.9 Å². The van der Waals surface area contributed by atoms with Gasteiger partial charge in [0.15, 0.2) is 0 Å². The van der Waals surface area contributed by atoms with Crippen molar-refractivity contribution in [3.8, 4) is 0 Å². The van der Waals surface area contributed by atoms with Crippen molar-refractivity contribution >= 4 is 11.7 Å².